The Labute approximate surface area is 178 Å². The third kappa shape index (κ3) is 3.01. The van der Waals surface area contributed by atoms with Crippen LogP contribution in [0.15, 0.2) is 27.5 Å². The van der Waals surface area contributed by atoms with Gasteiger partial charge in [-0.3, -0.25) is 4.79 Å². The standard InChI is InChI=1S/C22H25N3O4S/c1-11-19-13(21(27)15(22(28)29)10-25(19)12-2-3-12)8-16(23)20(11)24-6-4-18-14(9-24)17(26)5-7-30-18/h8,10,12,17,26H,2-7,9,23H2,1H3,(H,28,29). The molecule has 0 spiro atoms. The van der Waals surface area contributed by atoms with Gasteiger partial charge in [-0.1, -0.05) is 0 Å². The van der Waals surface area contributed by atoms with Crippen LogP contribution in [0.1, 0.15) is 47.6 Å². The van der Waals surface area contributed by atoms with Crippen molar-refractivity contribution < 1.29 is 15.0 Å². The fraction of sp³-hybridized carbons (Fsp3) is 0.455. The molecule has 30 heavy (non-hydrogen) atoms. The van der Waals surface area contributed by atoms with E-state index in [4.69, 9.17) is 5.73 Å². The molecule has 8 heteroatoms. The number of rotatable bonds is 3. The zero-order valence-corrected chi connectivity index (χ0v) is 17.7. The zero-order valence-electron chi connectivity index (χ0n) is 16.9. The van der Waals surface area contributed by atoms with E-state index in [1.165, 1.54) is 11.1 Å². The summed E-state index contributed by atoms with van der Waals surface area (Å²) in [5, 5.41) is 20.4. The second-order valence-electron chi connectivity index (χ2n) is 8.42. The van der Waals surface area contributed by atoms with Crippen molar-refractivity contribution in [1.29, 1.82) is 0 Å². The predicted octanol–water partition coefficient (Wildman–Crippen LogP) is 2.89. The summed E-state index contributed by atoms with van der Waals surface area (Å²) in [4.78, 5) is 28.0. The van der Waals surface area contributed by atoms with Crippen molar-refractivity contribution in [3.05, 3.63) is 44.1 Å². The number of aromatic nitrogens is 1. The number of aromatic carboxylic acids is 1. The summed E-state index contributed by atoms with van der Waals surface area (Å²) in [7, 11) is 0. The van der Waals surface area contributed by atoms with E-state index in [2.05, 4.69) is 4.90 Å². The Morgan fingerprint density at radius 2 is 2.07 bits per heavy atom. The number of nitrogen functional groups attached to an aromatic ring is 1. The molecule has 1 aromatic heterocycles. The number of nitrogens with zero attached hydrogens (tertiary/aromatic N) is 2. The molecule has 2 aliphatic heterocycles. The van der Waals surface area contributed by atoms with Crippen LogP contribution in [0.3, 0.4) is 0 Å². The van der Waals surface area contributed by atoms with E-state index in [-0.39, 0.29) is 11.6 Å². The number of carboxylic acids is 1. The van der Waals surface area contributed by atoms with Gasteiger partial charge < -0.3 is 25.4 Å². The lowest BCUT2D eigenvalue weighted by Gasteiger charge is -2.38. The molecule has 5 rings (SSSR count). The van der Waals surface area contributed by atoms with Crippen molar-refractivity contribution in [3.8, 4) is 0 Å². The van der Waals surface area contributed by atoms with Crippen molar-refractivity contribution in [2.24, 2.45) is 0 Å². The molecule has 3 heterocycles. The van der Waals surface area contributed by atoms with E-state index in [1.54, 1.807) is 6.07 Å². The van der Waals surface area contributed by atoms with Gasteiger partial charge in [0, 0.05) is 36.5 Å². The third-order valence-electron chi connectivity index (χ3n) is 6.44. The van der Waals surface area contributed by atoms with E-state index >= 15 is 0 Å². The number of carboxylic acid groups (broad SMARTS) is 1. The third-order valence-corrected chi connectivity index (χ3v) is 7.69. The Morgan fingerprint density at radius 1 is 1.30 bits per heavy atom. The molecule has 3 aliphatic rings. The fourth-order valence-electron chi connectivity index (χ4n) is 4.83. The topological polar surface area (TPSA) is 109 Å². The average Bonchev–Trinajstić information content (AvgIpc) is 3.54. The molecule has 0 amide bonds. The first kappa shape index (κ1) is 19.5. The van der Waals surface area contributed by atoms with Crippen LogP contribution in [0.5, 0.6) is 0 Å². The van der Waals surface area contributed by atoms with Gasteiger partial charge in [0.2, 0.25) is 5.43 Å². The predicted molar refractivity (Wildman–Crippen MR) is 120 cm³/mol. The van der Waals surface area contributed by atoms with Crippen molar-refractivity contribution in [2.75, 3.05) is 29.5 Å². The lowest BCUT2D eigenvalue weighted by atomic mass is 9.98. The van der Waals surface area contributed by atoms with E-state index in [0.29, 0.717) is 17.6 Å². The number of benzene rings is 1. The second-order valence-corrected chi connectivity index (χ2v) is 9.61. The van der Waals surface area contributed by atoms with Gasteiger partial charge in [0.1, 0.15) is 5.56 Å². The highest BCUT2D eigenvalue weighted by molar-refractivity contribution is 8.03. The summed E-state index contributed by atoms with van der Waals surface area (Å²) in [5.41, 5.74) is 9.85. The smallest absolute Gasteiger partial charge is 0.341 e. The molecular formula is C22H25N3O4S. The first-order valence-electron chi connectivity index (χ1n) is 10.4. The lowest BCUT2D eigenvalue weighted by molar-refractivity contribution is 0.0695. The van der Waals surface area contributed by atoms with Crippen molar-refractivity contribution >= 4 is 40.0 Å². The molecule has 1 atom stereocenters. The quantitative estimate of drug-likeness (QED) is 0.646. The normalized spacial score (nSPS) is 21.8. The molecule has 1 aliphatic carbocycles. The maximum Gasteiger partial charge on any atom is 0.341 e. The monoisotopic (exact) mass is 427 g/mol. The molecule has 0 saturated heterocycles. The van der Waals surface area contributed by atoms with Gasteiger partial charge in [-0.05, 0) is 54.7 Å². The van der Waals surface area contributed by atoms with E-state index in [9.17, 15) is 19.8 Å². The van der Waals surface area contributed by atoms with Gasteiger partial charge in [-0.2, -0.15) is 0 Å². The minimum absolute atomic E-state index is 0.212. The number of hydrogen-bond donors (Lipinski definition) is 3. The number of hydrogen-bond acceptors (Lipinski definition) is 6. The number of fused-ring (bicyclic) bond motifs is 1. The number of thioether (sulfide) groups is 1. The van der Waals surface area contributed by atoms with Gasteiger partial charge in [-0.15, -0.1) is 11.8 Å². The second kappa shape index (κ2) is 7.06. The Bertz CT molecular complexity index is 1170. The fourth-order valence-corrected chi connectivity index (χ4v) is 6.04. The summed E-state index contributed by atoms with van der Waals surface area (Å²) in [5.74, 6) is -0.257. The molecule has 0 radical (unpaired) electrons. The molecule has 7 nitrogen and oxygen atoms in total. The largest absolute Gasteiger partial charge is 0.477 e. The lowest BCUT2D eigenvalue weighted by Crippen LogP contribution is -2.37. The van der Waals surface area contributed by atoms with Gasteiger partial charge in [0.15, 0.2) is 0 Å². The van der Waals surface area contributed by atoms with Crippen LogP contribution in [0.25, 0.3) is 10.9 Å². The molecule has 158 valence electrons. The zero-order chi connectivity index (χ0) is 21.2. The average molecular weight is 428 g/mol. The molecular weight excluding hydrogens is 402 g/mol. The highest BCUT2D eigenvalue weighted by atomic mass is 32.2. The number of nitrogens with two attached hydrogens (primary N) is 1. The number of aliphatic hydroxyl groups excluding tert-OH is 1. The highest BCUT2D eigenvalue weighted by Gasteiger charge is 2.32. The van der Waals surface area contributed by atoms with Crippen molar-refractivity contribution in [1.82, 2.24) is 4.57 Å². The maximum absolute atomic E-state index is 12.9. The van der Waals surface area contributed by atoms with E-state index in [1.807, 2.05) is 23.3 Å². The first-order chi connectivity index (χ1) is 14.4. The minimum atomic E-state index is -1.21. The first-order valence-corrected chi connectivity index (χ1v) is 11.3. The minimum Gasteiger partial charge on any atom is -0.477 e. The number of carbonyl (C=O) groups is 1. The van der Waals surface area contributed by atoms with Crippen LogP contribution in [-0.4, -0.2) is 45.7 Å². The van der Waals surface area contributed by atoms with E-state index < -0.39 is 17.5 Å². The van der Waals surface area contributed by atoms with Gasteiger partial charge >= 0.3 is 5.97 Å². The number of pyridine rings is 1. The molecule has 1 unspecified atom stereocenters. The van der Waals surface area contributed by atoms with Crippen LogP contribution in [0.4, 0.5) is 11.4 Å². The van der Waals surface area contributed by atoms with Crippen molar-refractivity contribution in [2.45, 2.75) is 44.8 Å². The van der Waals surface area contributed by atoms with Gasteiger partial charge in [-0.25, -0.2) is 4.79 Å². The SMILES string of the molecule is Cc1c(N2CCC3=C(C2)C(O)CCS3)c(N)cc2c(=O)c(C(=O)O)cn(C3CC3)c12. The van der Waals surface area contributed by atoms with Crippen LogP contribution >= 0.6 is 11.8 Å². The van der Waals surface area contributed by atoms with Gasteiger partial charge in [0.25, 0.3) is 0 Å². The van der Waals surface area contributed by atoms with Crippen molar-refractivity contribution in [3.63, 3.8) is 0 Å². The van der Waals surface area contributed by atoms with Crippen LogP contribution in [0, 0.1) is 6.92 Å². The Hall–Kier alpha value is -2.45. The van der Waals surface area contributed by atoms with Crippen LogP contribution in [-0.2, 0) is 0 Å². The summed E-state index contributed by atoms with van der Waals surface area (Å²) < 4.78 is 1.96. The van der Waals surface area contributed by atoms with E-state index in [0.717, 1.165) is 60.3 Å². The summed E-state index contributed by atoms with van der Waals surface area (Å²) in [6.07, 6.45) is 4.67. The Kier molecular flexibility index (Phi) is 4.59. The summed E-state index contributed by atoms with van der Waals surface area (Å²) in [6, 6.07) is 1.86. The number of anilines is 2. The molecule has 0 bridgehead atoms. The Balaban J connectivity index is 1.68. The molecule has 4 N–H and O–H groups in total. The molecule has 1 fully saturated rings. The Morgan fingerprint density at radius 3 is 2.77 bits per heavy atom. The highest BCUT2D eigenvalue weighted by Crippen LogP contribution is 2.43. The summed E-state index contributed by atoms with van der Waals surface area (Å²) in [6.45, 7) is 3.39. The maximum atomic E-state index is 12.9. The number of aliphatic hydroxyl groups is 1. The van der Waals surface area contributed by atoms with Gasteiger partial charge in [0.05, 0.1) is 23.0 Å². The summed E-state index contributed by atoms with van der Waals surface area (Å²) >= 11 is 1.84. The number of aryl methyl sites for hydroxylation is 1. The molecule has 1 saturated carbocycles. The molecule has 1 aromatic carbocycles. The van der Waals surface area contributed by atoms with Crippen LogP contribution in [0.2, 0.25) is 0 Å². The molecule has 2 aromatic rings. The van der Waals surface area contributed by atoms with Crippen LogP contribution < -0.4 is 16.1 Å².